The molecule has 0 saturated carbocycles. The quantitative estimate of drug-likeness (QED) is 0.745. The number of benzene rings is 1. The van der Waals surface area contributed by atoms with E-state index in [-0.39, 0.29) is 5.82 Å². The molecule has 6 heteroatoms. The van der Waals surface area contributed by atoms with Crippen LogP contribution in [0.5, 0.6) is 5.75 Å². The van der Waals surface area contributed by atoms with Crippen LogP contribution >= 0.6 is 0 Å². The molecule has 0 unspecified atom stereocenters. The predicted octanol–water partition coefficient (Wildman–Crippen LogP) is 2.55. The predicted molar refractivity (Wildman–Crippen MR) is 80.6 cm³/mol. The van der Waals surface area contributed by atoms with E-state index in [0.29, 0.717) is 22.7 Å². The zero-order chi connectivity index (χ0) is 15.1. The molecule has 0 N–H and O–H groups in total. The first kappa shape index (κ1) is 13.1. The van der Waals surface area contributed by atoms with Crippen LogP contribution in [0.4, 0.5) is 10.1 Å². The fraction of sp³-hybridized carbons (Fsp3) is 0.250. The minimum Gasteiger partial charge on any atom is -0.497 e. The number of halogens is 1. The Hall–Kier alpha value is -2.63. The van der Waals surface area contributed by atoms with E-state index >= 15 is 0 Å². The molecule has 1 radical (unpaired) electrons. The van der Waals surface area contributed by atoms with E-state index < -0.39 is 0 Å². The molecular weight excluding hydrogens is 283 g/mol. The van der Waals surface area contributed by atoms with Crippen molar-refractivity contribution in [3.63, 3.8) is 0 Å². The van der Waals surface area contributed by atoms with E-state index in [1.54, 1.807) is 22.8 Å². The highest BCUT2D eigenvalue weighted by molar-refractivity contribution is 5.73. The van der Waals surface area contributed by atoms with Crippen LogP contribution in [0.1, 0.15) is 6.42 Å². The van der Waals surface area contributed by atoms with Crippen molar-refractivity contribution < 1.29 is 9.13 Å². The number of ether oxygens (including phenoxy) is 1. The van der Waals surface area contributed by atoms with Gasteiger partial charge in [0.25, 0.3) is 0 Å². The lowest BCUT2D eigenvalue weighted by atomic mass is 10.1. The van der Waals surface area contributed by atoms with Crippen LogP contribution in [0.3, 0.4) is 0 Å². The number of methoxy groups -OCH3 is 1. The average Bonchev–Trinajstić information content (AvgIpc) is 2.90. The number of hydrogen-bond acceptors (Lipinski definition) is 4. The van der Waals surface area contributed by atoms with E-state index in [9.17, 15) is 4.39 Å². The first-order valence-electron chi connectivity index (χ1n) is 7.12. The van der Waals surface area contributed by atoms with Gasteiger partial charge in [0, 0.05) is 24.7 Å². The summed E-state index contributed by atoms with van der Waals surface area (Å²) >= 11 is 0. The average molecular weight is 297 g/mol. The van der Waals surface area contributed by atoms with Gasteiger partial charge in [-0.2, -0.15) is 5.10 Å². The molecule has 5 nitrogen and oxygen atoms in total. The monoisotopic (exact) mass is 297 g/mol. The highest BCUT2D eigenvalue weighted by atomic mass is 19.1. The first-order valence-corrected chi connectivity index (χ1v) is 7.12. The zero-order valence-corrected chi connectivity index (χ0v) is 12.1. The lowest BCUT2D eigenvalue weighted by Crippen LogP contribution is -2.37. The second-order valence-corrected chi connectivity index (χ2v) is 5.21. The van der Waals surface area contributed by atoms with Gasteiger partial charge in [0.2, 0.25) is 0 Å². The molecule has 22 heavy (non-hydrogen) atoms. The molecule has 2 aromatic heterocycles. The maximum atomic E-state index is 14.3. The van der Waals surface area contributed by atoms with Crippen molar-refractivity contribution in [2.75, 3.05) is 25.1 Å². The summed E-state index contributed by atoms with van der Waals surface area (Å²) in [7, 11) is 1.51. The number of aromatic nitrogens is 3. The van der Waals surface area contributed by atoms with Gasteiger partial charge in [-0.1, -0.05) is 0 Å². The van der Waals surface area contributed by atoms with Crippen molar-refractivity contribution >= 4 is 11.3 Å². The Balaban J connectivity index is 1.86. The standard InChI is InChI=1S/C16H14FN4O/c1-22-11-3-4-12(13(17)9-11)15-10-18-16-14(20-7-2-8-20)5-6-19-21(15)16/h3-6,9H,2,7-8H2,1H3. The number of rotatable bonds is 3. The molecular formula is C16H14FN4O. The molecule has 1 aliphatic rings. The van der Waals surface area contributed by atoms with E-state index in [4.69, 9.17) is 4.74 Å². The van der Waals surface area contributed by atoms with Crippen LogP contribution in [0.15, 0.2) is 30.5 Å². The molecule has 0 bridgehead atoms. The Morgan fingerprint density at radius 3 is 2.82 bits per heavy atom. The lowest BCUT2D eigenvalue weighted by Gasteiger charge is -2.32. The van der Waals surface area contributed by atoms with Gasteiger partial charge < -0.3 is 9.64 Å². The molecule has 1 aromatic carbocycles. The molecule has 4 rings (SSSR count). The SMILES string of the molecule is COc1ccc(-c2[c]nc3c(N4CCC4)ccnn23)c(F)c1. The molecule has 0 atom stereocenters. The smallest absolute Gasteiger partial charge is 0.178 e. The summed E-state index contributed by atoms with van der Waals surface area (Å²) in [5, 5.41) is 4.30. The molecule has 1 saturated heterocycles. The van der Waals surface area contributed by atoms with Gasteiger partial charge in [0.05, 0.1) is 19.0 Å². The Kier molecular flexibility index (Phi) is 2.96. The van der Waals surface area contributed by atoms with Crippen LogP contribution in [0.25, 0.3) is 16.9 Å². The van der Waals surface area contributed by atoms with Crippen molar-refractivity contribution in [3.8, 4) is 17.0 Å². The van der Waals surface area contributed by atoms with Crippen LogP contribution in [-0.2, 0) is 0 Å². The Labute approximate surface area is 127 Å². The summed E-state index contributed by atoms with van der Waals surface area (Å²) in [6, 6.07) is 6.66. The molecule has 0 amide bonds. The van der Waals surface area contributed by atoms with Crippen LogP contribution in [0.2, 0.25) is 0 Å². The van der Waals surface area contributed by atoms with Gasteiger partial charge >= 0.3 is 0 Å². The zero-order valence-electron chi connectivity index (χ0n) is 12.1. The maximum absolute atomic E-state index is 14.3. The van der Waals surface area contributed by atoms with Crippen LogP contribution < -0.4 is 9.64 Å². The van der Waals surface area contributed by atoms with Gasteiger partial charge in [0.1, 0.15) is 23.5 Å². The number of fused-ring (bicyclic) bond motifs is 1. The molecule has 111 valence electrons. The fourth-order valence-corrected chi connectivity index (χ4v) is 2.62. The van der Waals surface area contributed by atoms with Gasteiger partial charge in [-0.05, 0) is 24.6 Å². The number of nitrogens with zero attached hydrogens (tertiary/aromatic N) is 4. The minimum atomic E-state index is -0.381. The highest BCUT2D eigenvalue weighted by Crippen LogP contribution is 2.30. The number of hydrogen-bond donors (Lipinski definition) is 0. The summed E-state index contributed by atoms with van der Waals surface area (Å²) in [5.74, 6) is 0.0952. The summed E-state index contributed by atoms with van der Waals surface area (Å²) < 4.78 is 21.0. The normalized spacial score (nSPS) is 14.2. The first-order chi connectivity index (χ1) is 10.8. The van der Waals surface area contributed by atoms with Gasteiger partial charge in [-0.15, -0.1) is 0 Å². The molecule has 1 fully saturated rings. The van der Waals surface area contributed by atoms with Crippen LogP contribution in [-0.4, -0.2) is 34.8 Å². The highest BCUT2D eigenvalue weighted by Gasteiger charge is 2.20. The second kappa shape index (κ2) is 4.98. The lowest BCUT2D eigenvalue weighted by molar-refractivity contribution is 0.411. The van der Waals surface area contributed by atoms with Crippen molar-refractivity contribution in [1.82, 2.24) is 14.6 Å². The van der Waals surface area contributed by atoms with E-state index in [2.05, 4.69) is 21.2 Å². The minimum absolute atomic E-state index is 0.381. The largest absolute Gasteiger partial charge is 0.497 e. The third-order valence-corrected chi connectivity index (χ3v) is 3.95. The van der Waals surface area contributed by atoms with Gasteiger partial charge in [0.15, 0.2) is 5.65 Å². The number of imidazole rings is 1. The molecule has 0 spiro atoms. The third kappa shape index (κ3) is 1.91. The van der Waals surface area contributed by atoms with E-state index in [1.165, 1.54) is 19.6 Å². The third-order valence-electron chi connectivity index (χ3n) is 3.95. The Bertz CT molecular complexity index is 841. The van der Waals surface area contributed by atoms with Crippen molar-refractivity contribution in [3.05, 3.63) is 42.5 Å². The van der Waals surface area contributed by atoms with Crippen molar-refractivity contribution in [1.29, 1.82) is 0 Å². The topological polar surface area (TPSA) is 42.7 Å². The van der Waals surface area contributed by atoms with E-state index in [0.717, 1.165) is 18.8 Å². The Morgan fingerprint density at radius 2 is 2.14 bits per heavy atom. The molecule has 3 aromatic rings. The number of anilines is 1. The Morgan fingerprint density at radius 1 is 1.27 bits per heavy atom. The molecule has 0 aliphatic carbocycles. The summed E-state index contributed by atoms with van der Waals surface area (Å²) in [6.07, 6.45) is 5.78. The van der Waals surface area contributed by atoms with E-state index in [1.807, 2.05) is 6.07 Å². The maximum Gasteiger partial charge on any atom is 0.178 e. The molecule has 3 heterocycles. The summed E-state index contributed by atoms with van der Waals surface area (Å²) in [4.78, 5) is 6.55. The van der Waals surface area contributed by atoms with Crippen molar-refractivity contribution in [2.45, 2.75) is 6.42 Å². The van der Waals surface area contributed by atoms with Crippen LogP contribution in [0, 0.1) is 12.0 Å². The summed E-state index contributed by atoms with van der Waals surface area (Å²) in [5.41, 5.74) is 2.63. The molecule has 1 aliphatic heterocycles. The van der Waals surface area contributed by atoms with Crippen molar-refractivity contribution in [2.24, 2.45) is 0 Å². The van der Waals surface area contributed by atoms with Gasteiger partial charge in [-0.25, -0.2) is 13.9 Å². The summed E-state index contributed by atoms with van der Waals surface area (Å²) in [6.45, 7) is 2.03. The fourth-order valence-electron chi connectivity index (χ4n) is 2.62. The van der Waals surface area contributed by atoms with Gasteiger partial charge in [-0.3, -0.25) is 0 Å². The second-order valence-electron chi connectivity index (χ2n) is 5.21.